The fourth-order valence-corrected chi connectivity index (χ4v) is 2.27. The smallest absolute Gasteiger partial charge is 0.337 e. The van der Waals surface area contributed by atoms with Gasteiger partial charge in [0.15, 0.2) is 0 Å². The molecule has 1 aromatic carbocycles. The average molecular weight is 325 g/mol. The normalized spacial score (nSPS) is 10.2. The van der Waals surface area contributed by atoms with Crippen LogP contribution in [0.25, 0.3) is 0 Å². The molecule has 2 aromatic rings. The topological polar surface area (TPSA) is 79.3 Å². The molecule has 0 saturated heterocycles. The number of hydrogen-bond donors (Lipinski definition) is 2. The zero-order chi connectivity index (χ0) is 15.4. The van der Waals surface area contributed by atoms with Crippen LogP contribution in [-0.4, -0.2) is 22.0 Å². The fraction of sp³-hybridized carbons (Fsp3) is 0.0714. The van der Waals surface area contributed by atoms with Gasteiger partial charge in [-0.2, -0.15) is 0 Å². The summed E-state index contributed by atoms with van der Waals surface area (Å²) in [5.74, 6) is -1.58. The van der Waals surface area contributed by atoms with E-state index in [1.165, 1.54) is 18.5 Å². The van der Waals surface area contributed by atoms with Crippen molar-refractivity contribution in [3.63, 3.8) is 0 Å². The van der Waals surface area contributed by atoms with E-state index in [-0.39, 0.29) is 17.7 Å². The number of carbonyl (C=O) groups excluding carboxylic acids is 1. The number of carboxylic acid groups (broad SMARTS) is 1. The molecule has 0 atom stereocenters. The molecule has 0 bridgehead atoms. The van der Waals surface area contributed by atoms with Crippen LogP contribution in [-0.2, 0) is 11.2 Å². The summed E-state index contributed by atoms with van der Waals surface area (Å²) in [7, 11) is 0. The minimum absolute atomic E-state index is 0.0383. The summed E-state index contributed by atoms with van der Waals surface area (Å²) in [4.78, 5) is 26.9. The number of pyridine rings is 1. The molecule has 2 N–H and O–H groups in total. The summed E-state index contributed by atoms with van der Waals surface area (Å²) >= 11 is 12.0. The highest BCUT2D eigenvalue weighted by atomic mass is 35.5. The van der Waals surface area contributed by atoms with Crippen molar-refractivity contribution >= 4 is 40.8 Å². The maximum atomic E-state index is 12.0. The number of rotatable bonds is 4. The third kappa shape index (κ3) is 3.71. The van der Waals surface area contributed by atoms with E-state index in [2.05, 4.69) is 10.3 Å². The minimum atomic E-state index is -1.15. The molecule has 2 rings (SSSR count). The van der Waals surface area contributed by atoms with Crippen molar-refractivity contribution in [3.8, 4) is 0 Å². The van der Waals surface area contributed by atoms with Gasteiger partial charge >= 0.3 is 5.97 Å². The molecule has 0 unspecified atom stereocenters. The predicted octanol–water partition coefficient (Wildman–Crippen LogP) is 3.27. The van der Waals surface area contributed by atoms with Crippen LogP contribution in [0.4, 0.5) is 5.69 Å². The first-order valence-electron chi connectivity index (χ1n) is 5.89. The monoisotopic (exact) mass is 324 g/mol. The molecule has 1 aromatic heterocycles. The Kier molecular flexibility index (Phi) is 4.77. The minimum Gasteiger partial charge on any atom is -0.478 e. The Morgan fingerprint density at radius 1 is 1.19 bits per heavy atom. The van der Waals surface area contributed by atoms with Crippen molar-refractivity contribution in [1.29, 1.82) is 0 Å². The van der Waals surface area contributed by atoms with Crippen molar-refractivity contribution in [2.45, 2.75) is 6.42 Å². The molecule has 0 aliphatic carbocycles. The molecule has 5 nitrogen and oxygen atoms in total. The fourth-order valence-electron chi connectivity index (χ4n) is 1.74. The number of amides is 1. The second-order valence-corrected chi connectivity index (χ2v) is 4.97. The zero-order valence-electron chi connectivity index (χ0n) is 10.6. The van der Waals surface area contributed by atoms with Gasteiger partial charge < -0.3 is 10.4 Å². The molecule has 0 radical (unpaired) electrons. The number of carboxylic acids is 1. The summed E-state index contributed by atoms with van der Waals surface area (Å²) in [6, 6.07) is 6.24. The molecule has 1 amide bonds. The van der Waals surface area contributed by atoms with Gasteiger partial charge in [-0.25, -0.2) is 4.79 Å². The van der Waals surface area contributed by atoms with Gasteiger partial charge in [-0.3, -0.25) is 9.78 Å². The standard InChI is InChI=1S/C14H10Cl2N2O3/c15-10-2-1-3-11(16)9(10)6-13(19)18-12-7-17-5-4-8(12)14(20)21/h1-5,7H,6H2,(H,18,19)(H,20,21). The van der Waals surface area contributed by atoms with Crippen LogP contribution in [0.1, 0.15) is 15.9 Å². The number of halogens is 2. The van der Waals surface area contributed by atoms with Crippen molar-refractivity contribution < 1.29 is 14.7 Å². The number of nitrogens with one attached hydrogen (secondary N) is 1. The van der Waals surface area contributed by atoms with Gasteiger partial charge in [0.1, 0.15) is 0 Å². The number of anilines is 1. The van der Waals surface area contributed by atoms with E-state index >= 15 is 0 Å². The Balaban J connectivity index is 2.18. The van der Waals surface area contributed by atoms with Gasteiger partial charge in [-0.05, 0) is 23.8 Å². The Bertz CT molecular complexity index is 684. The van der Waals surface area contributed by atoms with E-state index in [1.54, 1.807) is 18.2 Å². The highest BCUT2D eigenvalue weighted by Crippen LogP contribution is 2.25. The first-order chi connectivity index (χ1) is 9.99. The maximum Gasteiger partial charge on any atom is 0.337 e. The van der Waals surface area contributed by atoms with Gasteiger partial charge in [0.2, 0.25) is 5.91 Å². The van der Waals surface area contributed by atoms with Crippen molar-refractivity contribution in [2.24, 2.45) is 0 Å². The number of aromatic nitrogens is 1. The maximum absolute atomic E-state index is 12.0. The molecule has 108 valence electrons. The molecular formula is C14H10Cl2N2O3. The molecule has 1 heterocycles. The van der Waals surface area contributed by atoms with E-state index < -0.39 is 11.9 Å². The lowest BCUT2D eigenvalue weighted by Crippen LogP contribution is -2.17. The van der Waals surface area contributed by atoms with E-state index in [9.17, 15) is 9.59 Å². The summed E-state index contributed by atoms with van der Waals surface area (Å²) < 4.78 is 0. The summed E-state index contributed by atoms with van der Waals surface area (Å²) in [6.45, 7) is 0. The Labute approximate surface area is 130 Å². The van der Waals surface area contributed by atoms with Crippen LogP contribution in [0.2, 0.25) is 10.0 Å². The number of carbonyl (C=O) groups is 2. The largest absolute Gasteiger partial charge is 0.478 e. The van der Waals surface area contributed by atoms with Crippen LogP contribution in [0.5, 0.6) is 0 Å². The van der Waals surface area contributed by atoms with Crippen LogP contribution in [0, 0.1) is 0 Å². The molecule has 21 heavy (non-hydrogen) atoms. The second-order valence-electron chi connectivity index (χ2n) is 4.15. The first-order valence-corrected chi connectivity index (χ1v) is 6.64. The van der Waals surface area contributed by atoms with Gasteiger partial charge in [-0.1, -0.05) is 29.3 Å². The molecule has 0 aliphatic heterocycles. The van der Waals surface area contributed by atoms with Gasteiger partial charge in [0.05, 0.1) is 23.9 Å². The molecular weight excluding hydrogens is 315 g/mol. The number of nitrogens with zero attached hydrogens (tertiary/aromatic N) is 1. The van der Waals surface area contributed by atoms with Crippen molar-refractivity contribution in [3.05, 3.63) is 57.8 Å². The molecule has 0 aliphatic rings. The van der Waals surface area contributed by atoms with E-state index in [4.69, 9.17) is 28.3 Å². The van der Waals surface area contributed by atoms with E-state index in [0.29, 0.717) is 15.6 Å². The summed E-state index contributed by atoms with van der Waals surface area (Å²) in [6.07, 6.45) is 2.55. The number of benzene rings is 1. The van der Waals surface area contributed by atoms with E-state index in [0.717, 1.165) is 0 Å². The number of hydrogen-bond acceptors (Lipinski definition) is 3. The Hall–Kier alpha value is -2.11. The van der Waals surface area contributed by atoms with Crippen molar-refractivity contribution in [1.82, 2.24) is 4.98 Å². The van der Waals surface area contributed by atoms with Crippen LogP contribution < -0.4 is 5.32 Å². The molecule has 7 heteroatoms. The lowest BCUT2D eigenvalue weighted by molar-refractivity contribution is -0.115. The third-order valence-electron chi connectivity index (χ3n) is 2.72. The second kappa shape index (κ2) is 6.56. The van der Waals surface area contributed by atoms with Crippen LogP contribution >= 0.6 is 23.2 Å². The van der Waals surface area contributed by atoms with Crippen LogP contribution in [0.3, 0.4) is 0 Å². The highest BCUT2D eigenvalue weighted by Gasteiger charge is 2.15. The SMILES string of the molecule is O=C(Cc1c(Cl)cccc1Cl)Nc1cnccc1C(=O)O. The predicted molar refractivity (Wildman–Crippen MR) is 80.0 cm³/mol. The molecule has 0 fully saturated rings. The number of aromatic carboxylic acids is 1. The van der Waals surface area contributed by atoms with Crippen LogP contribution in [0.15, 0.2) is 36.7 Å². The quantitative estimate of drug-likeness (QED) is 0.904. The first kappa shape index (κ1) is 15.3. The molecule has 0 spiro atoms. The van der Waals surface area contributed by atoms with Gasteiger partial charge in [0.25, 0.3) is 0 Å². The average Bonchev–Trinajstić information content (AvgIpc) is 2.43. The summed E-state index contributed by atoms with van der Waals surface area (Å²) in [5, 5.41) is 12.3. The third-order valence-corrected chi connectivity index (χ3v) is 3.43. The summed E-state index contributed by atoms with van der Waals surface area (Å²) in [5.41, 5.74) is 0.570. The lowest BCUT2D eigenvalue weighted by atomic mass is 10.1. The lowest BCUT2D eigenvalue weighted by Gasteiger charge is -2.09. The van der Waals surface area contributed by atoms with Gasteiger partial charge in [-0.15, -0.1) is 0 Å². The van der Waals surface area contributed by atoms with Crippen molar-refractivity contribution in [2.75, 3.05) is 5.32 Å². The zero-order valence-corrected chi connectivity index (χ0v) is 12.1. The highest BCUT2D eigenvalue weighted by molar-refractivity contribution is 6.36. The van der Waals surface area contributed by atoms with E-state index in [1.807, 2.05) is 0 Å². The van der Waals surface area contributed by atoms with Gasteiger partial charge in [0, 0.05) is 16.2 Å². The molecule has 0 saturated carbocycles. The Morgan fingerprint density at radius 3 is 2.48 bits per heavy atom. The Morgan fingerprint density at radius 2 is 1.86 bits per heavy atom.